The molecule has 1 aromatic carbocycles. The molecule has 1 saturated heterocycles. The third kappa shape index (κ3) is 3.86. The van der Waals surface area contributed by atoms with E-state index in [2.05, 4.69) is 10.2 Å². The summed E-state index contributed by atoms with van der Waals surface area (Å²) in [6.07, 6.45) is 0. The van der Waals surface area contributed by atoms with E-state index in [0.29, 0.717) is 5.56 Å². The van der Waals surface area contributed by atoms with E-state index in [1.165, 1.54) is 6.07 Å². The van der Waals surface area contributed by atoms with Crippen molar-refractivity contribution in [2.75, 3.05) is 32.8 Å². The van der Waals surface area contributed by atoms with Gasteiger partial charge in [0.15, 0.2) is 11.6 Å². The highest BCUT2D eigenvalue weighted by atomic mass is 35.5. The van der Waals surface area contributed by atoms with Crippen molar-refractivity contribution >= 4 is 12.4 Å². The first-order valence-corrected chi connectivity index (χ1v) is 7.00. The highest BCUT2D eigenvalue weighted by molar-refractivity contribution is 5.85. The van der Waals surface area contributed by atoms with Crippen LogP contribution < -0.4 is 5.32 Å². The van der Waals surface area contributed by atoms with Crippen molar-refractivity contribution in [1.29, 1.82) is 0 Å². The Kier molecular flexibility index (Phi) is 6.41. The quantitative estimate of drug-likeness (QED) is 0.794. The largest absolute Gasteiger partial charge is 0.505 e. The molecule has 0 bridgehead atoms. The van der Waals surface area contributed by atoms with Gasteiger partial charge in [-0.1, -0.05) is 26.0 Å². The van der Waals surface area contributed by atoms with Crippen molar-refractivity contribution in [3.63, 3.8) is 0 Å². The lowest BCUT2D eigenvalue weighted by Gasteiger charge is -2.43. The molecule has 0 unspecified atom stereocenters. The van der Waals surface area contributed by atoms with Crippen LogP contribution in [-0.2, 0) is 0 Å². The lowest BCUT2D eigenvalue weighted by Crippen LogP contribution is -2.49. The lowest BCUT2D eigenvalue weighted by molar-refractivity contribution is 0.0290. The summed E-state index contributed by atoms with van der Waals surface area (Å²) in [5, 5.41) is 23.0. The molecule has 0 aromatic heterocycles. The first-order valence-electron chi connectivity index (χ1n) is 7.00. The molecule has 6 heteroatoms. The van der Waals surface area contributed by atoms with Gasteiger partial charge in [-0.05, 0) is 6.07 Å². The number of rotatable bonds is 4. The topological polar surface area (TPSA) is 55.7 Å². The van der Waals surface area contributed by atoms with E-state index in [1.54, 1.807) is 12.1 Å². The van der Waals surface area contributed by atoms with Gasteiger partial charge in [-0.2, -0.15) is 0 Å². The fraction of sp³-hybridized carbons (Fsp3) is 0.600. The summed E-state index contributed by atoms with van der Waals surface area (Å²) in [7, 11) is 0. The molecule has 2 rings (SSSR count). The van der Waals surface area contributed by atoms with E-state index in [4.69, 9.17) is 0 Å². The Morgan fingerprint density at radius 2 is 1.95 bits per heavy atom. The van der Waals surface area contributed by atoms with Crippen LogP contribution in [0.15, 0.2) is 18.2 Å². The van der Waals surface area contributed by atoms with Crippen molar-refractivity contribution in [1.82, 2.24) is 10.2 Å². The molecule has 1 heterocycles. The second kappa shape index (κ2) is 7.40. The van der Waals surface area contributed by atoms with Gasteiger partial charge in [0.2, 0.25) is 0 Å². The van der Waals surface area contributed by atoms with Gasteiger partial charge in [0.1, 0.15) is 0 Å². The van der Waals surface area contributed by atoms with Crippen molar-refractivity contribution in [3.8, 4) is 5.75 Å². The zero-order chi connectivity index (χ0) is 14.8. The number of phenols is 1. The van der Waals surface area contributed by atoms with Crippen LogP contribution >= 0.6 is 12.4 Å². The highest BCUT2D eigenvalue weighted by Crippen LogP contribution is 2.42. The van der Waals surface area contributed by atoms with Crippen LogP contribution in [0.3, 0.4) is 0 Å². The maximum Gasteiger partial charge on any atom is 0.165 e. The molecule has 1 aliphatic rings. The predicted octanol–water partition coefficient (Wildman–Crippen LogP) is 1.92. The molecule has 1 aliphatic heterocycles. The average Bonchev–Trinajstić information content (AvgIpc) is 2.45. The average molecular weight is 319 g/mol. The Hall–Kier alpha value is -0.880. The summed E-state index contributed by atoms with van der Waals surface area (Å²) < 4.78 is 13.7. The zero-order valence-electron chi connectivity index (χ0n) is 12.5. The summed E-state index contributed by atoms with van der Waals surface area (Å²) in [5.41, 5.74) is 0.0775. The van der Waals surface area contributed by atoms with Crippen LogP contribution in [0.1, 0.15) is 25.5 Å². The third-order valence-corrected chi connectivity index (χ3v) is 3.98. The molecule has 21 heavy (non-hydrogen) atoms. The fourth-order valence-electron chi connectivity index (χ4n) is 2.89. The molecule has 1 atom stereocenters. The van der Waals surface area contributed by atoms with E-state index < -0.39 is 11.2 Å². The van der Waals surface area contributed by atoms with Gasteiger partial charge in [0.05, 0.1) is 0 Å². The van der Waals surface area contributed by atoms with Gasteiger partial charge < -0.3 is 15.5 Å². The van der Waals surface area contributed by atoms with Crippen LogP contribution in [0, 0.1) is 11.2 Å². The van der Waals surface area contributed by atoms with Crippen LogP contribution in [0.5, 0.6) is 5.75 Å². The number of aliphatic hydroxyl groups excluding tert-OH is 1. The number of piperazine rings is 1. The number of benzene rings is 1. The van der Waals surface area contributed by atoms with E-state index >= 15 is 0 Å². The Bertz CT molecular complexity index is 465. The minimum atomic E-state index is -0.614. The summed E-state index contributed by atoms with van der Waals surface area (Å²) in [5.74, 6) is -0.922. The number of halogens is 2. The van der Waals surface area contributed by atoms with Gasteiger partial charge >= 0.3 is 0 Å². The number of nitrogens with zero attached hydrogens (tertiary/aromatic N) is 1. The summed E-state index contributed by atoms with van der Waals surface area (Å²) in [4.78, 5) is 2.20. The van der Waals surface area contributed by atoms with Gasteiger partial charge in [-0.3, -0.25) is 4.90 Å². The molecule has 4 nitrogen and oxygen atoms in total. The van der Waals surface area contributed by atoms with Crippen molar-refractivity contribution < 1.29 is 14.6 Å². The second-order valence-corrected chi connectivity index (χ2v) is 6.01. The fourth-order valence-corrected chi connectivity index (χ4v) is 2.89. The Morgan fingerprint density at radius 1 is 1.33 bits per heavy atom. The van der Waals surface area contributed by atoms with Gasteiger partial charge in [-0.25, -0.2) is 4.39 Å². The molecule has 0 spiro atoms. The minimum Gasteiger partial charge on any atom is -0.505 e. The monoisotopic (exact) mass is 318 g/mol. The first-order chi connectivity index (χ1) is 9.47. The number of aliphatic hydroxyl groups is 1. The van der Waals surface area contributed by atoms with Gasteiger partial charge in [-0.15, -0.1) is 12.4 Å². The first kappa shape index (κ1) is 18.2. The second-order valence-electron chi connectivity index (χ2n) is 6.01. The number of phenolic OH excluding ortho intramolecular Hbond substituents is 1. The SMILES string of the molecule is CC(C)(CO)[C@@H](c1cccc(F)c1O)N1CCNCC1.Cl. The maximum atomic E-state index is 13.7. The predicted molar refractivity (Wildman–Crippen MR) is 83.4 cm³/mol. The molecular weight excluding hydrogens is 295 g/mol. The van der Waals surface area contributed by atoms with Crippen molar-refractivity contribution in [2.24, 2.45) is 5.41 Å². The summed E-state index contributed by atoms with van der Waals surface area (Å²) >= 11 is 0. The van der Waals surface area contributed by atoms with E-state index in [1.807, 2.05) is 13.8 Å². The van der Waals surface area contributed by atoms with Crippen LogP contribution in [-0.4, -0.2) is 47.9 Å². The molecule has 1 fully saturated rings. The number of para-hydroxylation sites is 1. The normalized spacial score (nSPS) is 18.1. The Morgan fingerprint density at radius 3 is 2.52 bits per heavy atom. The number of aromatic hydroxyl groups is 1. The maximum absolute atomic E-state index is 13.7. The van der Waals surface area contributed by atoms with Crippen LogP contribution in [0.2, 0.25) is 0 Å². The Balaban J connectivity index is 0.00000220. The van der Waals surface area contributed by atoms with E-state index in [9.17, 15) is 14.6 Å². The van der Waals surface area contributed by atoms with Gasteiger partial charge in [0, 0.05) is 49.8 Å². The van der Waals surface area contributed by atoms with Crippen molar-refractivity contribution in [3.05, 3.63) is 29.6 Å². The van der Waals surface area contributed by atoms with Crippen molar-refractivity contribution in [2.45, 2.75) is 19.9 Å². The van der Waals surface area contributed by atoms with Gasteiger partial charge in [0.25, 0.3) is 0 Å². The molecule has 3 N–H and O–H groups in total. The molecule has 120 valence electrons. The van der Waals surface area contributed by atoms with Crippen LogP contribution in [0.4, 0.5) is 4.39 Å². The third-order valence-electron chi connectivity index (χ3n) is 3.98. The molecular formula is C15H24ClFN2O2. The number of nitrogens with one attached hydrogen (secondary N) is 1. The molecule has 0 amide bonds. The Labute approximate surface area is 131 Å². The molecule has 0 saturated carbocycles. The highest BCUT2D eigenvalue weighted by Gasteiger charge is 2.37. The number of hydrogen-bond acceptors (Lipinski definition) is 4. The standard InChI is InChI=1S/C15H23FN2O2.ClH/c1-15(2,10-19)14(18-8-6-17-7-9-18)11-4-3-5-12(16)13(11)20;/h3-5,14,17,19-20H,6-10H2,1-2H3;1H/t14-;/m1./s1. The van der Waals surface area contributed by atoms with E-state index in [-0.39, 0.29) is 30.8 Å². The molecule has 0 radical (unpaired) electrons. The lowest BCUT2D eigenvalue weighted by atomic mass is 9.79. The molecule has 0 aliphatic carbocycles. The van der Waals surface area contributed by atoms with E-state index in [0.717, 1.165) is 26.2 Å². The smallest absolute Gasteiger partial charge is 0.165 e. The van der Waals surface area contributed by atoms with Crippen LogP contribution in [0.25, 0.3) is 0 Å². The summed E-state index contributed by atoms with van der Waals surface area (Å²) in [6, 6.07) is 4.38. The molecule has 1 aromatic rings. The number of hydrogen-bond donors (Lipinski definition) is 3. The minimum absolute atomic E-state index is 0. The summed E-state index contributed by atoms with van der Waals surface area (Å²) in [6.45, 7) is 7.17. The zero-order valence-corrected chi connectivity index (χ0v) is 13.3.